The third kappa shape index (κ3) is 1.61. The van der Waals surface area contributed by atoms with Crippen molar-refractivity contribution in [2.24, 2.45) is 0 Å². The number of nitrogens with two attached hydrogens (primary N) is 1. The van der Waals surface area contributed by atoms with Gasteiger partial charge in [-0.2, -0.15) is 0 Å². The molecule has 0 amide bonds. The smallest absolute Gasteiger partial charge is 0.195 e. The van der Waals surface area contributed by atoms with E-state index in [-0.39, 0.29) is 5.41 Å². The maximum atomic E-state index is 6.19. The number of hydrogen-bond donors (Lipinski definition) is 1. The molecule has 0 aliphatic carbocycles. The van der Waals surface area contributed by atoms with Crippen LogP contribution in [0, 0.1) is 0 Å². The Hall–Kier alpha value is -1.03. The zero-order chi connectivity index (χ0) is 12.1. The number of thiazole rings is 1. The lowest BCUT2D eigenvalue weighted by Crippen LogP contribution is -2.15. The first-order valence-corrected chi connectivity index (χ1v) is 6.46. The van der Waals surface area contributed by atoms with Crippen LogP contribution in [0.25, 0.3) is 4.96 Å². The molecule has 0 saturated carbocycles. The van der Waals surface area contributed by atoms with E-state index in [9.17, 15) is 0 Å². The fourth-order valence-electron chi connectivity index (χ4n) is 1.84. The minimum atomic E-state index is 0.0985. The minimum Gasteiger partial charge on any atom is -0.383 e. The summed E-state index contributed by atoms with van der Waals surface area (Å²) in [6.45, 7) is 10.8. The van der Waals surface area contributed by atoms with Gasteiger partial charge in [0.1, 0.15) is 5.82 Å². The van der Waals surface area contributed by atoms with Gasteiger partial charge in [-0.1, -0.05) is 34.6 Å². The second kappa shape index (κ2) is 3.48. The van der Waals surface area contributed by atoms with Gasteiger partial charge >= 0.3 is 0 Å². The maximum absolute atomic E-state index is 6.19. The van der Waals surface area contributed by atoms with Gasteiger partial charge in [-0.25, -0.2) is 4.98 Å². The van der Waals surface area contributed by atoms with Gasteiger partial charge < -0.3 is 5.73 Å². The summed E-state index contributed by atoms with van der Waals surface area (Å²) in [6, 6.07) is 0. The van der Waals surface area contributed by atoms with Gasteiger partial charge in [0, 0.05) is 16.5 Å². The van der Waals surface area contributed by atoms with Crippen molar-refractivity contribution in [1.82, 2.24) is 9.38 Å². The van der Waals surface area contributed by atoms with Crippen LogP contribution in [0.3, 0.4) is 0 Å². The molecule has 2 aromatic heterocycles. The molecule has 0 atom stereocenters. The van der Waals surface area contributed by atoms with E-state index < -0.39 is 0 Å². The van der Waals surface area contributed by atoms with Gasteiger partial charge in [-0.15, -0.1) is 11.3 Å². The summed E-state index contributed by atoms with van der Waals surface area (Å²) in [6.07, 6.45) is 0. The Labute approximate surface area is 100 Å². The van der Waals surface area contributed by atoms with Gasteiger partial charge in [0.05, 0.1) is 5.69 Å². The van der Waals surface area contributed by atoms with Crippen LogP contribution in [-0.2, 0) is 5.41 Å². The van der Waals surface area contributed by atoms with E-state index >= 15 is 0 Å². The van der Waals surface area contributed by atoms with Gasteiger partial charge in [-0.05, 0) is 5.92 Å². The first kappa shape index (κ1) is 11.5. The summed E-state index contributed by atoms with van der Waals surface area (Å²) in [5.74, 6) is 1.18. The summed E-state index contributed by atoms with van der Waals surface area (Å²) in [5, 5.41) is 2.16. The van der Waals surface area contributed by atoms with Crippen LogP contribution in [0.5, 0.6) is 0 Å². The Kier molecular flexibility index (Phi) is 2.49. The molecule has 0 unspecified atom stereocenters. The number of hydrogen-bond acceptors (Lipinski definition) is 3. The van der Waals surface area contributed by atoms with Crippen molar-refractivity contribution in [3.8, 4) is 0 Å². The van der Waals surface area contributed by atoms with Crippen LogP contribution in [0.1, 0.15) is 51.9 Å². The normalized spacial score (nSPS) is 12.9. The van der Waals surface area contributed by atoms with Crippen LogP contribution in [0.2, 0.25) is 0 Å². The first-order chi connectivity index (χ1) is 7.32. The quantitative estimate of drug-likeness (QED) is 0.826. The highest BCUT2D eigenvalue weighted by Gasteiger charge is 2.23. The number of nitrogen functional groups attached to an aromatic ring is 1. The lowest BCUT2D eigenvalue weighted by molar-refractivity contribution is 0.565. The minimum absolute atomic E-state index is 0.0985. The van der Waals surface area contributed by atoms with Gasteiger partial charge in [0.25, 0.3) is 0 Å². The zero-order valence-electron chi connectivity index (χ0n) is 10.5. The molecule has 16 heavy (non-hydrogen) atoms. The van der Waals surface area contributed by atoms with Crippen molar-refractivity contribution in [2.45, 2.75) is 46.0 Å². The summed E-state index contributed by atoms with van der Waals surface area (Å²) >= 11 is 1.67. The van der Waals surface area contributed by atoms with Crippen molar-refractivity contribution in [2.75, 3.05) is 5.73 Å². The van der Waals surface area contributed by atoms with Crippen molar-refractivity contribution >= 4 is 22.1 Å². The second-order valence-corrected chi connectivity index (χ2v) is 6.36. The molecule has 0 aromatic carbocycles. The number of aromatic nitrogens is 2. The van der Waals surface area contributed by atoms with E-state index in [1.165, 1.54) is 5.69 Å². The SMILES string of the molecule is CC(C)c1nc2scc(C(C)(C)C)n2c1N. The highest BCUT2D eigenvalue weighted by Crippen LogP contribution is 2.32. The molecular formula is C12H19N3S. The monoisotopic (exact) mass is 237 g/mol. The molecule has 4 heteroatoms. The fraction of sp³-hybridized carbons (Fsp3) is 0.583. The topological polar surface area (TPSA) is 43.3 Å². The molecule has 0 saturated heterocycles. The van der Waals surface area contributed by atoms with E-state index in [0.717, 1.165) is 16.5 Å². The van der Waals surface area contributed by atoms with E-state index in [1.807, 2.05) is 0 Å². The number of anilines is 1. The molecule has 0 aliphatic heterocycles. The van der Waals surface area contributed by atoms with Crippen LogP contribution in [0.4, 0.5) is 5.82 Å². The van der Waals surface area contributed by atoms with E-state index in [1.54, 1.807) is 11.3 Å². The molecule has 0 bridgehead atoms. The van der Waals surface area contributed by atoms with Gasteiger partial charge in [0.2, 0.25) is 0 Å². The van der Waals surface area contributed by atoms with Crippen LogP contribution in [0.15, 0.2) is 5.38 Å². The maximum Gasteiger partial charge on any atom is 0.195 e. The lowest BCUT2D eigenvalue weighted by atomic mass is 9.93. The summed E-state index contributed by atoms with van der Waals surface area (Å²) in [4.78, 5) is 5.61. The Balaban J connectivity index is 2.72. The molecule has 0 spiro atoms. The average Bonchev–Trinajstić information content (AvgIpc) is 2.64. The predicted octanol–water partition coefficient (Wildman–Crippen LogP) is 3.40. The first-order valence-electron chi connectivity index (χ1n) is 5.58. The number of fused-ring (bicyclic) bond motifs is 1. The van der Waals surface area contributed by atoms with Crippen LogP contribution < -0.4 is 5.73 Å². The molecule has 0 radical (unpaired) electrons. The fourth-order valence-corrected chi connectivity index (χ4v) is 2.97. The molecular weight excluding hydrogens is 218 g/mol. The third-order valence-corrected chi connectivity index (χ3v) is 3.57. The molecule has 2 aromatic rings. The molecule has 2 N–H and O–H groups in total. The van der Waals surface area contributed by atoms with E-state index in [4.69, 9.17) is 5.73 Å². The zero-order valence-corrected chi connectivity index (χ0v) is 11.4. The van der Waals surface area contributed by atoms with Crippen molar-refractivity contribution in [3.05, 3.63) is 16.8 Å². The molecule has 3 nitrogen and oxygen atoms in total. The average molecular weight is 237 g/mol. The standard InChI is InChI=1S/C12H19N3S/c1-7(2)9-10(13)15-8(12(3,4)5)6-16-11(15)14-9/h6-7H,13H2,1-5H3. The Morgan fingerprint density at radius 1 is 1.38 bits per heavy atom. The Morgan fingerprint density at radius 3 is 2.50 bits per heavy atom. The van der Waals surface area contributed by atoms with Crippen LogP contribution >= 0.6 is 11.3 Å². The largest absolute Gasteiger partial charge is 0.383 e. The second-order valence-electron chi connectivity index (χ2n) is 5.53. The Morgan fingerprint density at radius 2 is 2.00 bits per heavy atom. The third-order valence-electron chi connectivity index (χ3n) is 2.74. The van der Waals surface area contributed by atoms with E-state index in [0.29, 0.717) is 5.92 Å². The summed E-state index contributed by atoms with van der Waals surface area (Å²) in [5.41, 5.74) is 8.54. The van der Waals surface area contributed by atoms with Gasteiger partial charge in [-0.3, -0.25) is 4.40 Å². The number of imidazole rings is 1. The predicted molar refractivity (Wildman–Crippen MR) is 70.3 cm³/mol. The molecule has 0 fully saturated rings. The summed E-state index contributed by atoms with van der Waals surface area (Å²) in [7, 11) is 0. The molecule has 88 valence electrons. The lowest BCUT2D eigenvalue weighted by Gasteiger charge is -2.18. The van der Waals surface area contributed by atoms with E-state index in [2.05, 4.69) is 49.4 Å². The Bertz CT molecular complexity index is 514. The highest BCUT2D eigenvalue weighted by molar-refractivity contribution is 7.15. The molecule has 0 aliphatic rings. The number of nitrogens with zero attached hydrogens (tertiary/aromatic N) is 2. The molecule has 2 rings (SSSR count). The number of rotatable bonds is 1. The van der Waals surface area contributed by atoms with Crippen molar-refractivity contribution < 1.29 is 0 Å². The highest BCUT2D eigenvalue weighted by atomic mass is 32.1. The van der Waals surface area contributed by atoms with Crippen molar-refractivity contribution in [1.29, 1.82) is 0 Å². The van der Waals surface area contributed by atoms with Crippen LogP contribution in [-0.4, -0.2) is 9.38 Å². The van der Waals surface area contributed by atoms with Crippen molar-refractivity contribution in [3.63, 3.8) is 0 Å². The summed E-state index contributed by atoms with van der Waals surface area (Å²) < 4.78 is 2.10. The molecule has 2 heterocycles. The van der Waals surface area contributed by atoms with Gasteiger partial charge in [0.15, 0.2) is 4.96 Å².